The lowest BCUT2D eigenvalue weighted by molar-refractivity contribution is -0.153. The maximum absolute atomic E-state index is 12.1. The summed E-state index contributed by atoms with van der Waals surface area (Å²) in [7, 11) is 0. The van der Waals surface area contributed by atoms with Crippen LogP contribution in [0.3, 0.4) is 0 Å². The van der Waals surface area contributed by atoms with Crippen molar-refractivity contribution < 1.29 is 14.7 Å². The van der Waals surface area contributed by atoms with Crippen molar-refractivity contribution in [3.63, 3.8) is 0 Å². The number of piperazine rings is 1. The lowest BCUT2D eigenvalue weighted by Crippen LogP contribution is -2.54. The third-order valence-electron chi connectivity index (χ3n) is 3.90. The maximum atomic E-state index is 12.1. The molecule has 2 saturated heterocycles. The summed E-state index contributed by atoms with van der Waals surface area (Å²) < 4.78 is 0. The van der Waals surface area contributed by atoms with Gasteiger partial charge < -0.3 is 14.9 Å². The summed E-state index contributed by atoms with van der Waals surface area (Å²) in [6.45, 7) is 4.85. The van der Waals surface area contributed by atoms with E-state index in [0.717, 1.165) is 45.4 Å². The van der Waals surface area contributed by atoms with E-state index in [4.69, 9.17) is 5.11 Å². The summed E-state index contributed by atoms with van der Waals surface area (Å²) in [4.78, 5) is 29.7. The first-order valence-electron chi connectivity index (χ1n) is 7.14. The lowest BCUT2D eigenvalue weighted by atomic mass is 10.1. The van der Waals surface area contributed by atoms with Crippen molar-refractivity contribution in [3.05, 3.63) is 0 Å². The summed E-state index contributed by atoms with van der Waals surface area (Å²) >= 11 is 0. The number of hydrogen-bond acceptors (Lipinski definition) is 4. The molecule has 2 heterocycles. The van der Waals surface area contributed by atoms with Crippen LogP contribution in [0.1, 0.15) is 19.3 Å². The molecule has 2 aliphatic rings. The standard InChI is InChI=1S/C13H23N3O3/c17-11-10-14-6-8-16(9-7-14)13(19)12(18)15-4-2-1-3-5-15/h17H,1-11H2. The molecule has 2 rings (SSSR count). The molecular formula is C13H23N3O3. The quantitative estimate of drug-likeness (QED) is 0.662. The smallest absolute Gasteiger partial charge is 0.312 e. The molecule has 0 atom stereocenters. The van der Waals surface area contributed by atoms with Crippen LogP contribution in [-0.2, 0) is 9.59 Å². The van der Waals surface area contributed by atoms with Crippen molar-refractivity contribution in [1.82, 2.24) is 14.7 Å². The Labute approximate surface area is 114 Å². The Bertz CT molecular complexity index is 321. The van der Waals surface area contributed by atoms with Crippen molar-refractivity contribution in [3.8, 4) is 0 Å². The minimum Gasteiger partial charge on any atom is -0.395 e. The zero-order chi connectivity index (χ0) is 13.7. The van der Waals surface area contributed by atoms with Gasteiger partial charge in [0.1, 0.15) is 0 Å². The van der Waals surface area contributed by atoms with E-state index in [1.165, 1.54) is 0 Å². The molecule has 0 unspecified atom stereocenters. The van der Waals surface area contributed by atoms with E-state index >= 15 is 0 Å². The fraction of sp³-hybridized carbons (Fsp3) is 0.846. The van der Waals surface area contributed by atoms with Gasteiger partial charge in [0.05, 0.1) is 6.61 Å². The van der Waals surface area contributed by atoms with Crippen molar-refractivity contribution in [1.29, 1.82) is 0 Å². The van der Waals surface area contributed by atoms with Crippen LogP contribution in [0.25, 0.3) is 0 Å². The SMILES string of the molecule is O=C(C(=O)N1CCN(CCO)CC1)N1CCCCC1. The van der Waals surface area contributed by atoms with Crippen molar-refractivity contribution in [2.75, 3.05) is 52.4 Å². The number of rotatable bonds is 2. The summed E-state index contributed by atoms with van der Waals surface area (Å²) in [5.41, 5.74) is 0. The number of β-amino-alcohol motifs (C(OH)–C–C–N with tert-alkyl or cyclic N) is 1. The van der Waals surface area contributed by atoms with E-state index < -0.39 is 0 Å². The first-order chi connectivity index (χ1) is 9.22. The summed E-state index contributed by atoms with van der Waals surface area (Å²) in [6.07, 6.45) is 3.16. The molecule has 108 valence electrons. The van der Waals surface area contributed by atoms with Gasteiger partial charge in [-0.15, -0.1) is 0 Å². The number of aliphatic hydroxyl groups excluding tert-OH is 1. The van der Waals surface area contributed by atoms with E-state index in [2.05, 4.69) is 4.90 Å². The normalized spacial score (nSPS) is 21.5. The topological polar surface area (TPSA) is 64.1 Å². The van der Waals surface area contributed by atoms with Crippen LogP contribution in [-0.4, -0.2) is 84.0 Å². The zero-order valence-electron chi connectivity index (χ0n) is 11.4. The maximum Gasteiger partial charge on any atom is 0.312 e. The number of piperidine rings is 1. The van der Waals surface area contributed by atoms with Crippen LogP contribution in [0.4, 0.5) is 0 Å². The van der Waals surface area contributed by atoms with Crippen molar-refractivity contribution >= 4 is 11.8 Å². The van der Waals surface area contributed by atoms with Gasteiger partial charge in [-0.25, -0.2) is 0 Å². The first-order valence-corrected chi connectivity index (χ1v) is 7.14. The molecular weight excluding hydrogens is 246 g/mol. The molecule has 0 aromatic carbocycles. The summed E-state index contributed by atoms with van der Waals surface area (Å²) in [5.74, 6) is -0.694. The van der Waals surface area contributed by atoms with Gasteiger partial charge in [-0.2, -0.15) is 0 Å². The van der Waals surface area contributed by atoms with Gasteiger partial charge in [0.15, 0.2) is 0 Å². The second-order valence-electron chi connectivity index (χ2n) is 5.21. The number of amides is 2. The minimum absolute atomic E-state index is 0.140. The molecule has 0 radical (unpaired) electrons. The Morgan fingerprint density at radius 3 is 1.84 bits per heavy atom. The molecule has 0 bridgehead atoms. The van der Waals surface area contributed by atoms with Crippen LogP contribution < -0.4 is 0 Å². The highest BCUT2D eigenvalue weighted by molar-refractivity contribution is 6.34. The fourth-order valence-electron chi connectivity index (χ4n) is 2.68. The summed E-state index contributed by atoms with van der Waals surface area (Å²) in [6, 6.07) is 0. The predicted octanol–water partition coefficient (Wildman–Crippen LogP) is -0.865. The van der Waals surface area contributed by atoms with Gasteiger partial charge in [-0.1, -0.05) is 0 Å². The van der Waals surface area contributed by atoms with E-state index in [0.29, 0.717) is 19.6 Å². The fourth-order valence-corrected chi connectivity index (χ4v) is 2.68. The molecule has 0 aliphatic carbocycles. The highest BCUT2D eigenvalue weighted by Crippen LogP contribution is 2.10. The monoisotopic (exact) mass is 269 g/mol. The van der Waals surface area contributed by atoms with Gasteiger partial charge in [0.2, 0.25) is 0 Å². The van der Waals surface area contributed by atoms with Gasteiger partial charge in [-0.05, 0) is 19.3 Å². The van der Waals surface area contributed by atoms with E-state index in [9.17, 15) is 9.59 Å². The van der Waals surface area contributed by atoms with Crippen LogP contribution in [0.15, 0.2) is 0 Å². The molecule has 2 amide bonds. The van der Waals surface area contributed by atoms with Gasteiger partial charge in [0, 0.05) is 45.8 Å². The first kappa shape index (κ1) is 14.3. The number of carbonyl (C=O) groups excluding carboxylic acids is 2. The number of likely N-dealkylation sites (tertiary alicyclic amines) is 1. The highest BCUT2D eigenvalue weighted by atomic mass is 16.3. The molecule has 0 spiro atoms. The minimum atomic E-state index is -0.356. The van der Waals surface area contributed by atoms with Gasteiger partial charge in [-0.3, -0.25) is 14.5 Å². The number of nitrogens with zero attached hydrogens (tertiary/aromatic N) is 3. The Hall–Kier alpha value is -1.14. The molecule has 19 heavy (non-hydrogen) atoms. The average Bonchev–Trinajstić information content (AvgIpc) is 2.48. The largest absolute Gasteiger partial charge is 0.395 e. The van der Waals surface area contributed by atoms with Crippen LogP contribution >= 0.6 is 0 Å². The Kier molecular flexibility index (Phi) is 5.15. The van der Waals surface area contributed by atoms with Crippen LogP contribution in [0.5, 0.6) is 0 Å². The van der Waals surface area contributed by atoms with Crippen molar-refractivity contribution in [2.45, 2.75) is 19.3 Å². The van der Waals surface area contributed by atoms with Crippen LogP contribution in [0, 0.1) is 0 Å². The highest BCUT2D eigenvalue weighted by Gasteiger charge is 2.29. The number of carbonyl (C=O) groups is 2. The molecule has 2 fully saturated rings. The zero-order valence-corrected chi connectivity index (χ0v) is 11.4. The Morgan fingerprint density at radius 2 is 1.32 bits per heavy atom. The Balaban J connectivity index is 1.81. The lowest BCUT2D eigenvalue weighted by Gasteiger charge is -2.35. The summed E-state index contributed by atoms with van der Waals surface area (Å²) in [5, 5.41) is 8.87. The number of hydrogen-bond donors (Lipinski definition) is 1. The Morgan fingerprint density at radius 1 is 0.789 bits per heavy atom. The van der Waals surface area contributed by atoms with E-state index in [1.807, 2.05) is 0 Å². The third kappa shape index (κ3) is 3.67. The van der Waals surface area contributed by atoms with Gasteiger partial charge >= 0.3 is 11.8 Å². The average molecular weight is 269 g/mol. The molecule has 2 aliphatic heterocycles. The number of aliphatic hydroxyl groups is 1. The van der Waals surface area contributed by atoms with Gasteiger partial charge in [0.25, 0.3) is 0 Å². The molecule has 6 nitrogen and oxygen atoms in total. The third-order valence-corrected chi connectivity index (χ3v) is 3.90. The molecule has 0 saturated carbocycles. The molecule has 0 aromatic heterocycles. The van der Waals surface area contributed by atoms with Crippen molar-refractivity contribution in [2.24, 2.45) is 0 Å². The predicted molar refractivity (Wildman–Crippen MR) is 70.5 cm³/mol. The molecule has 1 N–H and O–H groups in total. The molecule has 0 aromatic rings. The second kappa shape index (κ2) is 6.86. The second-order valence-corrected chi connectivity index (χ2v) is 5.21. The van der Waals surface area contributed by atoms with E-state index in [1.54, 1.807) is 9.80 Å². The van der Waals surface area contributed by atoms with Crippen LogP contribution in [0.2, 0.25) is 0 Å². The molecule has 6 heteroatoms. The van der Waals surface area contributed by atoms with E-state index in [-0.39, 0.29) is 18.4 Å².